The summed E-state index contributed by atoms with van der Waals surface area (Å²) in [6.07, 6.45) is 1.15. The van der Waals surface area contributed by atoms with Crippen LogP contribution < -0.4 is 9.47 Å². The second-order valence-corrected chi connectivity index (χ2v) is 8.00. The van der Waals surface area contributed by atoms with E-state index >= 15 is 0 Å². The Morgan fingerprint density at radius 1 is 1.07 bits per heavy atom. The average molecular weight is 396 g/mol. The van der Waals surface area contributed by atoms with Gasteiger partial charge in [-0.15, -0.1) is 10.2 Å². The molecule has 8 nitrogen and oxygen atoms in total. The summed E-state index contributed by atoms with van der Waals surface area (Å²) in [6, 6.07) is 5.64. The van der Waals surface area contributed by atoms with Crippen molar-refractivity contribution in [3.8, 4) is 22.6 Å². The largest absolute Gasteiger partial charge is 0.493 e. The van der Waals surface area contributed by atoms with Gasteiger partial charge in [0.05, 0.1) is 37.8 Å². The van der Waals surface area contributed by atoms with Crippen molar-refractivity contribution in [2.75, 3.05) is 21.3 Å². The minimum absolute atomic E-state index is 0.00195. The summed E-state index contributed by atoms with van der Waals surface area (Å²) >= 11 is 0. The highest BCUT2D eigenvalue weighted by Crippen LogP contribution is 2.38. The van der Waals surface area contributed by atoms with Gasteiger partial charge in [-0.2, -0.15) is 5.10 Å². The maximum absolute atomic E-state index is 12.6. The fourth-order valence-electron chi connectivity index (χ4n) is 3.92. The van der Waals surface area contributed by atoms with Gasteiger partial charge in [0.15, 0.2) is 28.6 Å². The first-order chi connectivity index (χ1) is 13.9. The number of fused-ring (bicyclic) bond motifs is 3. The molecule has 0 bridgehead atoms. The smallest absolute Gasteiger partial charge is 0.185 e. The second-order valence-electron chi connectivity index (χ2n) is 8.00. The summed E-state index contributed by atoms with van der Waals surface area (Å²) < 4.78 is 17.9. The Labute approximate surface area is 168 Å². The molecule has 0 radical (unpaired) electrons. The van der Waals surface area contributed by atoms with E-state index in [1.54, 1.807) is 25.8 Å². The van der Waals surface area contributed by atoms with Crippen LogP contribution in [0.15, 0.2) is 18.2 Å². The average Bonchev–Trinajstić information content (AvgIpc) is 3.05. The van der Waals surface area contributed by atoms with Crippen LogP contribution in [0.4, 0.5) is 0 Å². The summed E-state index contributed by atoms with van der Waals surface area (Å²) in [6.45, 7) is 4.46. The number of hydrogen-bond acceptors (Lipinski definition) is 7. The minimum Gasteiger partial charge on any atom is -0.493 e. The molecule has 0 N–H and O–H groups in total. The fourth-order valence-corrected chi connectivity index (χ4v) is 3.92. The van der Waals surface area contributed by atoms with E-state index in [1.165, 1.54) is 0 Å². The predicted molar refractivity (Wildman–Crippen MR) is 106 cm³/mol. The van der Waals surface area contributed by atoms with Crippen LogP contribution in [0.3, 0.4) is 0 Å². The highest BCUT2D eigenvalue weighted by Gasteiger charge is 2.35. The van der Waals surface area contributed by atoms with Gasteiger partial charge in [0.1, 0.15) is 0 Å². The third-order valence-electron chi connectivity index (χ3n) is 5.21. The Morgan fingerprint density at radius 2 is 1.83 bits per heavy atom. The van der Waals surface area contributed by atoms with Gasteiger partial charge >= 0.3 is 0 Å². The summed E-state index contributed by atoms with van der Waals surface area (Å²) in [5, 5.41) is 13.4. The van der Waals surface area contributed by atoms with E-state index in [2.05, 4.69) is 24.0 Å². The molecule has 152 valence electrons. The van der Waals surface area contributed by atoms with Gasteiger partial charge < -0.3 is 14.2 Å². The first-order valence-electron chi connectivity index (χ1n) is 9.40. The third-order valence-corrected chi connectivity index (χ3v) is 5.21. The first-order valence-corrected chi connectivity index (χ1v) is 9.40. The van der Waals surface area contributed by atoms with E-state index in [1.807, 2.05) is 18.2 Å². The van der Waals surface area contributed by atoms with Gasteiger partial charge in [0.25, 0.3) is 0 Å². The molecular formula is C21H24N4O4. The highest BCUT2D eigenvalue weighted by molar-refractivity contribution is 5.97. The molecule has 1 aliphatic carbocycles. The molecule has 0 atom stereocenters. The lowest BCUT2D eigenvalue weighted by atomic mass is 9.77. The van der Waals surface area contributed by atoms with Crippen molar-refractivity contribution in [3.63, 3.8) is 0 Å². The summed E-state index contributed by atoms with van der Waals surface area (Å²) in [7, 11) is 4.81. The quantitative estimate of drug-likeness (QED) is 0.655. The lowest BCUT2D eigenvalue weighted by Crippen LogP contribution is -2.30. The van der Waals surface area contributed by atoms with E-state index in [9.17, 15) is 4.79 Å². The molecule has 1 aliphatic rings. The Balaban J connectivity index is 1.97. The monoisotopic (exact) mass is 396 g/mol. The van der Waals surface area contributed by atoms with Crippen LogP contribution in [0.2, 0.25) is 0 Å². The van der Waals surface area contributed by atoms with E-state index in [0.717, 1.165) is 22.5 Å². The molecule has 2 heterocycles. The molecule has 3 aromatic rings. The molecule has 29 heavy (non-hydrogen) atoms. The van der Waals surface area contributed by atoms with Crippen molar-refractivity contribution < 1.29 is 19.0 Å². The van der Waals surface area contributed by atoms with Gasteiger partial charge in [-0.3, -0.25) is 4.79 Å². The zero-order valence-corrected chi connectivity index (χ0v) is 17.3. The van der Waals surface area contributed by atoms with Crippen LogP contribution in [-0.2, 0) is 17.8 Å². The maximum Gasteiger partial charge on any atom is 0.185 e. The topological polar surface area (TPSA) is 87.8 Å². The van der Waals surface area contributed by atoms with Gasteiger partial charge in [-0.05, 0) is 29.5 Å². The lowest BCUT2D eigenvalue weighted by Gasteiger charge is -2.29. The number of benzene rings is 1. The van der Waals surface area contributed by atoms with E-state index in [4.69, 9.17) is 19.3 Å². The molecule has 0 saturated heterocycles. The number of carbonyl (C=O) groups is 1. The Hall–Kier alpha value is -3.00. The van der Waals surface area contributed by atoms with Crippen LogP contribution in [0.25, 0.3) is 16.8 Å². The molecule has 0 amide bonds. The minimum atomic E-state index is -0.156. The van der Waals surface area contributed by atoms with Crippen LogP contribution in [-0.4, -0.2) is 46.9 Å². The summed E-state index contributed by atoms with van der Waals surface area (Å²) in [5.41, 5.74) is 4.02. The van der Waals surface area contributed by atoms with Gasteiger partial charge in [-0.25, -0.2) is 4.52 Å². The molecule has 4 rings (SSSR count). The van der Waals surface area contributed by atoms with E-state index < -0.39 is 0 Å². The molecule has 1 aromatic carbocycles. The molecule has 0 spiro atoms. The van der Waals surface area contributed by atoms with Crippen LogP contribution >= 0.6 is 0 Å². The van der Waals surface area contributed by atoms with Crippen molar-refractivity contribution in [2.45, 2.75) is 33.3 Å². The summed E-state index contributed by atoms with van der Waals surface area (Å²) in [5.74, 6) is 1.24. The molecule has 0 saturated carbocycles. The lowest BCUT2D eigenvalue weighted by molar-refractivity contribution is 0.0901. The van der Waals surface area contributed by atoms with Crippen LogP contribution in [0, 0.1) is 5.41 Å². The molecule has 0 fully saturated rings. The number of Topliss-reactive ketones (excluding diaryl/α,β-unsaturated/α-hetero) is 1. The predicted octanol–water partition coefficient (Wildman–Crippen LogP) is 3.11. The van der Waals surface area contributed by atoms with Gasteiger partial charge in [-0.1, -0.05) is 19.9 Å². The number of methoxy groups -OCH3 is 3. The Bertz CT molecular complexity index is 1100. The standard InChI is InChI=1S/C21H24N4O4/c1-21(2)9-14-19(15(26)10-21)22-23-20-18(13(11-27-3)24-25(14)20)12-6-7-16(28-4)17(8-12)29-5/h6-8H,9-11H2,1-5H3. The molecule has 0 unspecified atom stereocenters. The fraction of sp³-hybridized carbons (Fsp3) is 0.429. The van der Waals surface area contributed by atoms with Crippen molar-refractivity contribution in [1.82, 2.24) is 19.8 Å². The molecule has 8 heteroatoms. The van der Waals surface area contributed by atoms with Crippen molar-refractivity contribution >= 4 is 11.4 Å². The number of hydrogen-bond donors (Lipinski definition) is 0. The second kappa shape index (κ2) is 7.11. The number of rotatable bonds is 5. The third kappa shape index (κ3) is 3.23. The zero-order chi connectivity index (χ0) is 20.8. The van der Waals surface area contributed by atoms with Crippen molar-refractivity contribution in [2.24, 2.45) is 5.41 Å². The van der Waals surface area contributed by atoms with E-state index in [0.29, 0.717) is 42.3 Å². The number of ether oxygens (including phenoxy) is 3. The number of nitrogens with zero attached hydrogens (tertiary/aromatic N) is 4. The van der Waals surface area contributed by atoms with Crippen molar-refractivity contribution in [3.05, 3.63) is 35.3 Å². The highest BCUT2D eigenvalue weighted by atomic mass is 16.5. The number of ketones is 1. The maximum atomic E-state index is 12.6. The Kier molecular flexibility index (Phi) is 4.74. The molecule has 0 aliphatic heterocycles. The van der Waals surface area contributed by atoms with Crippen LogP contribution in [0.1, 0.15) is 42.1 Å². The number of carbonyl (C=O) groups excluding carboxylic acids is 1. The molecular weight excluding hydrogens is 372 g/mol. The summed E-state index contributed by atoms with van der Waals surface area (Å²) in [4.78, 5) is 12.6. The number of aromatic nitrogens is 4. The Morgan fingerprint density at radius 3 is 2.52 bits per heavy atom. The van der Waals surface area contributed by atoms with E-state index in [-0.39, 0.29) is 11.2 Å². The van der Waals surface area contributed by atoms with Gasteiger partial charge in [0.2, 0.25) is 0 Å². The first kappa shape index (κ1) is 19.3. The van der Waals surface area contributed by atoms with Crippen LogP contribution in [0.5, 0.6) is 11.5 Å². The SMILES string of the molecule is COCc1nn2c3c(nnc2c1-c1ccc(OC)c(OC)c1)C(=O)CC(C)(C)C3. The van der Waals surface area contributed by atoms with Crippen molar-refractivity contribution in [1.29, 1.82) is 0 Å². The normalized spacial score (nSPS) is 15.4. The van der Waals surface area contributed by atoms with Gasteiger partial charge in [0, 0.05) is 13.5 Å². The molecule has 2 aromatic heterocycles. The zero-order valence-electron chi connectivity index (χ0n) is 17.3.